The van der Waals surface area contributed by atoms with Gasteiger partial charge in [-0.3, -0.25) is 4.79 Å². The third kappa shape index (κ3) is 3.32. The van der Waals surface area contributed by atoms with E-state index in [1.54, 1.807) is 0 Å². The van der Waals surface area contributed by atoms with E-state index < -0.39 is 5.97 Å². The summed E-state index contributed by atoms with van der Waals surface area (Å²) in [5.74, 6) is -0.188. The Balaban J connectivity index is 2.51. The highest BCUT2D eigenvalue weighted by Crippen LogP contribution is 2.31. The highest BCUT2D eigenvalue weighted by Gasteiger charge is 2.27. The van der Waals surface area contributed by atoms with Gasteiger partial charge in [0.2, 0.25) is 0 Å². The van der Waals surface area contributed by atoms with Gasteiger partial charge in [-0.2, -0.15) is 0 Å². The Morgan fingerprint density at radius 1 is 1.29 bits per heavy atom. The fraction of sp³-hybridized carbons (Fsp3) is 0.917. The lowest BCUT2D eigenvalue weighted by Crippen LogP contribution is -2.23. The van der Waals surface area contributed by atoms with Crippen LogP contribution in [0.5, 0.6) is 0 Å². The molecule has 0 aromatic carbocycles. The zero-order valence-electron chi connectivity index (χ0n) is 9.17. The average Bonchev–Trinajstić information content (AvgIpc) is 2.41. The van der Waals surface area contributed by atoms with Crippen molar-refractivity contribution in [3.8, 4) is 0 Å². The van der Waals surface area contributed by atoms with Crippen molar-refractivity contribution >= 4 is 5.97 Å². The van der Waals surface area contributed by atoms with Crippen LogP contribution in [0.4, 0.5) is 0 Å². The molecule has 0 bridgehead atoms. The molecule has 0 aromatic heterocycles. The molecule has 1 rings (SSSR count). The van der Waals surface area contributed by atoms with Gasteiger partial charge in [-0.25, -0.2) is 0 Å². The summed E-state index contributed by atoms with van der Waals surface area (Å²) in [5, 5.41) is 9.15. The largest absolute Gasteiger partial charge is 0.481 e. The second-order valence-electron chi connectivity index (χ2n) is 4.49. The molecule has 0 saturated heterocycles. The number of carboxylic acid groups (broad SMARTS) is 1. The van der Waals surface area contributed by atoms with E-state index in [1.165, 1.54) is 25.7 Å². The first kappa shape index (κ1) is 11.5. The molecule has 1 unspecified atom stereocenters. The molecule has 1 N–H and O–H groups in total. The van der Waals surface area contributed by atoms with Crippen LogP contribution in [-0.2, 0) is 4.79 Å². The van der Waals surface area contributed by atoms with E-state index in [0.29, 0.717) is 5.92 Å². The maximum Gasteiger partial charge on any atom is 0.306 e. The van der Waals surface area contributed by atoms with E-state index in [2.05, 4.69) is 6.92 Å². The van der Waals surface area contributed by atoms with Crippen molar-refractivity contribution in [3.63, 3.8) is 0 Å². The summed E-state index contributed by atoms with van der Waals surface area (Å²) in [6.45, 7) is 2.08. The van der Waals surface area contributed by atoms with Gasteiger partial charge in [0.1, 0.15) is 0 Å². The molecular formula is C12H22O2. The van der Waals surface area contributed by atoms with Gasteiger partial charge in [0.05, 0.1) is 5.92 Å². The van der Waals surface area contributed by atoms with Gasteiger partial charge in [-0.15, -0.1) is 0 Å². The Hall–Kier alpha value is -0.530. The minimum Gasteiger partial charge on any atom is -0.481 e. The summed E-state index contributed by atoms with van der Waals surface area (Å²) in [7, 11) is 0. The van der Waals surface area contributed by atoms with Gasteiger partial charge in [-0.05, 0) is 25.2 Å². The maximum absolute atomic E-state index is 11.1. The van der Waals surface area contributed by atoms with Crippen LogP contribution in [0.25, 0.3) is 0 Å². The van der Waals surface area contributed by atoms with Crippen molar-refractivity contribution < 1.29 is 9.90 Å². The lowest BCUT2D eigenvalue weighted by molar-refractivity contribution is -0.144. The highest BCUT2D eigenvalue weighted by atomic mass is 16.4. The van der Waals surface area contributed by atoms with Crippen molar-refractivity contribution in [2.24, 2.45) is 11.8 Å². The molecule has 82 valence electrons. The first-order valence-corrected chi connectivity index (χ1v) is 5.98. The standard InChI is InChI=1S/C12H22O2/c1-2-7-11(12(13)14)10-8-5-3-4-6-9-10/h10-11H,2-9H2,1H3,(H,13,14). The molecule has 14 heavy (non-hydrogen) atoms. The summed E-state index contributed by atoms with van der Waals surface area (Å²) in [6, 6.07) is 0. The summed E-state index contributed by atoms with van der Waals surface area (Å²) in [5.41, 5.74) is 0. The summed E-state index contributed by atoms with van der Waals surface area (Å²) in [4.78, 5) is 11.1. The molecule has 1 fully saturated rings. The normalized spacial score (nSPS) is 21.5. The average molecular weight is 198 g/mol. The number of rotatable bonds is 4. The number of hydrogen-bond donors (Lipinski definition) is 1. The summed E-state index contributed by atoms with van der Waals surface area (Å²) < 4.78 is 0. The molecule has 1 atom stereocenters. The maximum atomic E-state index is 11.1. The van der Waals surface area contributed by atoms with E-state index in [1.807, 2.05) is 0 Å². The van der Waals surface area contributed by atoms with E-state index in [0.717, 1.165) is 25.7 Å². The minimum atomic E-state index is -0.571. The van der Waals surface area contributed by atoms with Crippen LogP contribution in [0.3, 0.4) is 0 Å². The van der Waals surface area contributed by atoms with Crippen LogP contribution in [-0.4, -0.2) is 11.1 Å². The molecule has 1 aliphatic carbocycles. The predicted octanol–water partition coefficient (Wildman–Crippen LogP) is 3.46. The molecule has 0 aliphatic heterocycles. The van der Waals surface area contributed by atoms with Crippen LogP contribution in [0.15, 0.2) is 0 Å². The van der Waals surface area contributed by atoms with Crippen molar-refractivity contribution in [1.29, 1.82) is 0 Å². The van der Waals surface area contributed by atoms with Crippen molar-refractivity contribution in [3.05, 3.63) is 0 Å². The van der Waals surface area contributed by atoms with E-state index in [-0.39, 0.29) is 5.92 Å². The third-order valence-corrected chi connectivity index (χ3v) is 3.39. The predicted molar refractivity (Wildman–Crippen MR) is 57.2 cm³/mol. The summed E-state index contributed by atoms with van der Waals surface area (Å²) >= 11 is 0. The molecule has 1 saturated carbocycles. The SMILES string of the molecule is CCCC(C(=O)O)C1CCCCCC1. The monoisotopic (exact) mass is 198 g/mol. The fourth-order valence-corrected chi connectivity index (χ4v) is 2.59. The molecule has 0 spiro atoms. The van der Waals surface area contributed by atoms with Gasteiger partial charge < -0.3 is 5.11 Å². The molecule has 0 heterocycles. The fourth-order valence-electron chi connectivity index (χ4n) is 2.59. The van der Waals surface area contributed by atoms with Crippen molar-refractivity contribution in [2.45, 2.75) is 58.3 Å². The van der Waals surface area contributed by atoms with Crippen LogP contribution in [0.1, 0.15) is 58.3 Å². The second-order valence-corrected chi connectivity index (χ2v) is 4.49. The Kier molecular flexibility index (Phi) is 4.99. The van der Waals surface area contributed by atoms with E-state index in [9.17, 15) is 4.79 Å². The minimum absolute atomic E-state index is 0.0712. The molecule has 2 heteroatoms. The van der Waals surface area contributed by atoms with E-state index in [4.69, 9.17) is 5.11 Å². The van der Waals surface area contributed by atoms with Crippen molar-refractivity contribution in [1.82, 2.24) is 0 Å². The topological polar surface area (TPSA) is 37.3 Å². The first-order chi connectivity index (χ1) is 6.75. The van der Waals surface area contributed by atoms with Gasteiger partial charge in [0.15, 0.2) is 0 Å². The van der Waals surface area contributed by atoms with Gasteiger partial charge in [0, 0.05) is 0 Å². The third-order valence-electron chi connectivity index (χ3n) is 3.39. The quantitative estimate of drug-likeness (QED) is 0.702. The van der Waals surface area contributed by atoms with Crippen LogP contribution < -0.4 is 0 Å². The van der Waals surface area contributed by atoms with Crippen LogP contribution in [0, 0.1) is 11.8 Å². The number of carbonyl (C=O) groups is 1. The number of carboxylic acids is 1. The Morgan fingerprint density at radius 3 is 2.29 bits per heavy atom. The summed E-state index contributed by atoms with van der Waals surface area (Å²) in [6.07, 6.45) is 9.20. The number of hydrogen-bond acceptors (Lipinski definition) is 1. The second kappa shape index (κ2) is 6.05. The molecule has 0 amide bonds. The lowest BCUT2D eigenvalue weighted by atomic mass is 9.83. The van der Waals surface area contributed by atoms with E-state index >= 15 is 0 Å². The smallest absolute Gasteiger partial charge is 0.306 e. The molecule has 0 aromatic rings. The Bertz CT molecular complexity index is 169. The highest BCUT2D eigenvalue weighted by molar-refractivity contribution is 5.70. The van der Waals surface area contributed by atoms with Crippen molar-refractivity contribution in [2.75, 3.05) is 0 Å². The number of aliphatic carboxylic acids is 1. The van der Waals surface area contributed by atoms with Crippen LogP contribution >= 0.6 is 0 Å². The van der Waals surface area contributed by atoms with Gasteiger partial charge in [-0.1, -0.05) is 39.0 Å². The first-order valence-electron chi connectivity index (χ1n) is 5.98. The van der Waals surface area contributed by atoms with Gasteiger partial charge in [0.25, 0.3) is 0 Å². The molecular weight excluding hydrogens is 176 g/mol. The zero-order chi connectivity index (χ0) is 10.4. The zero-order valence-corrected chi connectivity index (χ0v) is 9.17. The van der Waals surface area contributed by atoms with Gasteiger partial charge >= 0.3 is 5.97 Å². The Labute approximate surface area is 86.7 Å². The molecule has 1 aliphatic rings. The lowest BCUT2D eigenvalue weighted by Gasteiger charge is -2.21. The van der Waals surface area contributed by atoms with Crippen LogP contribution in [0.2, 0.25) is 0 Å². The Morgan fingerprint density at radius 2 is 1.86 bits per heavy atom. The molecule has 0 radical (unpaired) electrons. The molecule has 2 nitrogen and oxygen atoms in total.